The average molecular weight is 199 g/mol. The SMILES string of the molecule is N#CCc1cccc(-c2c[nH]c(=O)[nH]2)c1. The Morgan fingerprint density at radius 3 is 2.93 bits per heavy atom. The Bertz CT molecular complexity index is 559. The van der Waals surface area contributed by atoms with E-state index in [9.17, 15) is 4.79 Å². The van der Waals surface area contributed by atoms with Gasteiger partial charge in [0.25, 0.3) is 0 Å². The van der Waals surface area contributed by atoms with Gasteiger partial charge in [-0.15, -0.1) is 0 Å². The lowest BCUT2D eigenvalue weighted by molar-refractivity contribution is 1.19. The second kappa shape index (κ2) is 3.84. The molecule has 1 aromatic heterocycles. The number of nitriles is 1. The summed E-state index contributed by atoms with van der Waals surface area (Å²) < 4.78 is 0. The second-order valence-corrected chi connectivity index (χ2v) is 3.19. The molecular weight excluding hydrogens is 190 g/mol. The molecule has 1 aromatic carbocycles. The van der Waals surface area contributed by atoms with E-state index in [4.69, 9.17) is 5.26 Å². The zero-order chi connectivity index (χ0) is 10.7. The molecule has 4 heteroatoms. The molecule has 0 bridgehead atoms. The largest absolute Gasteiger partial charge is 0.323 e. The lowest BCUT2D eigenvalue weighted by Gasteiger charge is -1.99. The molecule has 0 unspecified atom stereocenters. The molecule has 0 fully saturated rings. The Balaban J connectivity index is 2.41. The maximum absolute atomic E-state index is 10.9. The third-order valence-electron chi connectivity index (χ3n) is 2.12. The molecule has 2 N–H and O–H groups in total. The van der Waals surface area contributed by atoms with Crippen molar-refractivity contribution in [2.45, 2.75) is 6.42 Å². The van der Waals surface area contributed by atoms with Crippen molar-refractivity contribution in [2.24, 2.45) is 0 Å². The van der Waals surface area contributed by atoms with Crippen molar-refractivity contribution in [3.8, 4) is 17.3 Å². The number of nitrogens with one attached hydrogen (secondary N) is 2. The van der Waals surface area contributed by atoms with Gasteiger partial charge in [-0.1, -0.05) is 18.2 Å². The molecule has 74 valence electrons. The van der Waals surface area contributed by atoms with E-state index in [0.717, 1.165) is 16.8 Å². The number of H-pyrrole nitrogens is 2. The van der Waals surface area contributed by atoms with Crippen LogP contribution in [0.1, 0.15) is 5.56 Å². The maximum atomic E-state index is 10.9. The number of aromatic amines is 2. The molecule has 2 rings (SSSR count). The molecular formula is C11H9N3O. The smallest absolute Gasteiger partial charge is 0.312 e. The van der Waals surface area contributed by atoms with E-state index >= 15 is 0 Å². The van der Waals surface area contributed by atoms with Crippen LogP contribution < -0.4 is 5.69 Å². The van der Waals surface area contributed by atoms with Gasteiger partial charge in [-0.2, -0.15) is 5.26 Å². The quantitative estimate of drug-likeness (QED) is 0.768. The van der Waals surface area contributed by atoms with Gasteiger partial charge in [-0.3, -0.25) is 0 Å². The van der Waals surface area contributed by atoms with Crippen LogP contribution in [-0.4, -0.2) is 9.97 Å². The van der Waals surface area contributed by atoms with Gasteiger partial charge in [0.1, 0.15) is 0 Å². The van der Waals surface area contributed by atoms with Crippen molar-refractivity contribution in [1.29, 1.82) is 5.26 Å². The zero-order valence-electron chi connectivity index (χ0n) is 7.95. The third kappa shape index (κ3) is 1.97. The first-order valence-corrected chi connectivity index (χ1v) is 4.53. The summed E-state index contributed by atoms with van der Waals surface area (Å²) in [5.41, 5.74) is 2.36. The van der Waals surface area contributed by atoms with Crippen LogP contribution in [0, 0.1) is 11.3 Å². The standard InChI is InChI=1S/C11H9N3O/c12-5-4-8-2-1-3-9(6-8)10-7-13-11(15)14-10/h1-3,6-7H,4H2,(H2,13,14,15). The van der Waals surface area contributed by atoms with Crippen molar-refractivity contribution < 1.29 is 0 Å². The van der Waals surface area contributed by atoms with Gasteiger partial charge in [0, 0.05) is 6.20 Å². The fraction of sp³-hybridized carbons (Fsp3) is 0.0909. The normalized spacial score (nSPS) is 9.80. The summed E-state index contributed by atoms with van der Waals surface area (Å²) in [5, 5.41) is 8.57. The van der Waals surface area contributed by atoms with Gasteiger partial charge in [0.2, 0.25) is 0 Å². The zero-order valence-corrected chi connectivity index (χ0v) is 7.95. The van der Waals surface area contributed by atoms with Gasteiger partial charge >= 0.3 is 5.69 Å². The van der Waals surface area contributed by atoms with Gasteiger partial charge in [-0.05, 0) is 17.2 Å². The van der Waals surface area contributed by atoms with Crippen molar-refractivity contribution in [1.82, 2.24) is 9.97 Å². The van der Waals surface area contributed by atoms with E-state index in [1.54, 1.807) is 6.20 Å². The van der Waals surface area contributed by atoms with Crippen molar-refractivity contribution in [2.75, 3.05) is 0 Å². The van der Waals surface area contributed by atoms with Crippen LogP contribution in [0.5, 0.6) is 0 Å². The molecule has 15 heavy (non-hydrogen) atoms. The Hall–Kier alpha value is -2.28. The molecule has 4 nitrogen and oxygen atoms in total. The maximum Gasteiger partial charge on any atom is 0.323 e. The minimum Gasteiger partial charge on any atom is -0.312 e. The minimum absolute atomic E-state index is 0.226. The molecule has 0 saturated heterocycles. The van der Waals surface area contributed by atoms with Crippen LogP contribution in [0.3, 0.4) is 0 Å². The number of hydrogen-bond donors (Lipinski definition) is 2. The summed E-state index contributed by atoms with van der Waals surface area (Å²) in [6, 6.07) is 9.62. The molecule has 0 aliphatic heterocycles. The number of rotatable bonds is 2. The van der Waals surface area contributed by atoms with Crippen LogP contribution in [-0.2, 0) is 6.42 Å². The number of hydrogen-bond acceptors (Lipinski definition) is 2. The molecule has 1 heterocycles. The summed E-state index contributed by atoms with van der Waals surface area (Å²) in [4.78, 5) is 16.1. The van der Waals surface area contributed by atoms with E-state index in [2.05, 4.69) is 16.0 Å². The van der Waals surface area contributed by atoms with Crippen LogP contribution in [0.2, 0.25) is 0 Å². The highest BCUT2D eigenvalue weighted by Gasteiger charge is 2.00. The summed E-state index contributed by atoms with van der Waals surface area (Å²) in [7, 11) is 0. The van der Waals surface area contributed by atoms with Gasteiger partial charge in [-0.25, -0.2) is 4.79 Å². The number of imidazole rings is 1. The van der Waals surface area contributed by atoms with E-state index in [0.29, 0.717) is 6.42 Å². The predicted octanol–water partition coefficient (Wildman–Crippen LogP) is 1.44. The molecule has 0 radical (unpaired) electrons. The Kier molecular flexibility index (Phi) is 2.38. The van der Waals surface area contributed by atoms with Crippen LogP contribution in [0.25, 0.3) is 11.3 Å². The van der Waals surface area contributed by atoms with Gasteiger partial charge in [0.05, 0.1) is 18.2 Å². The Labute approximate surface area is 86.2 Å². The van der Waals surface area contributed by atoms with Crippen LogP contribution in [0.4, 0.5) is 0 Å². The molecule has 2 aromatic rings. The highest BCUT2D eigenvalue weighted by molar-refractivity contribution is 5.59. The number of nitrogens with zero attached hydrogens (tertiary/aromatic N) is 1. The van der Waals surface area contributed by atoms with Gasteiger partial charge < -0.3 is 9.97 Å². The molecule has 0 amide bonds. The first kappa shape index (κ1) is 9.28. The van der Waals surface area contributed by atoms with E-state index in [1.807, 2.05) is 24.3 Å². The molecule has 0 saturated carbocycles. The van der Waals surface area contributed by atoms with Crippen molar-refractivity contribution in [3.63, 3.8) is 0 Å². The summed E-state index contributed by atoms with van der Waals surface area (Å²) in [6.07, 6.45) is 2.00. The lowest BCUT2D eigenvalue weighted by atomic mass is 10.1. The van der Waals surface area contributed by atoms with E-state index < -0.39 is 0 Å². The second-order valence-electron chi connectivity index (χ2n) is 3.19. The van der Waals surface area contributed by atoms with Crippen molar-refractivity contribution >= 4 is 0 Å². The van der Waals surface area contributed by atoms with Gasteiger partial charge in [0.15, 0.2) is 0 Å². The molecule has 0 atom stereocenters. The molecule has 0 spiro atoms. The predicted molar refractivity (Wildman–Crippen MR) is 56.2 cm³/mol. The summed E-state index contributed by atoms with van der Waals surface area (Å²) in [6.45, 7) is 0. The fourth-order valence-corrected chi connectivity index (χ4v) is 1.43. The topological polar surface area (TPSA) is 72.4 Å². The molecule has 0 aliphatic carbocycles. The van der Waals surface area contributed by atoms with Crippen molar-refractivity contribution in [3.05, 3.63) is 46.5 Å². The lowest BCUT2D eigenvalue weighted by Crippen LogP contribution is -1.99. The van der Waals surface area contributed by atoms with Crippen LogP contribution >= 0.6 is 0 Å². The Morgan fingerprint density at radius 1 is 1.40 bits per heavy atom. The average Bonchev–Trinajstić information content (AvgIpc) is 2.66. The van der Waals surface area contributed by atoms with E-state index in [1.165, 1.54) is 0 Å². The first-order valence-electron chi connectivity index (χ1n) is 4.53. The highest BCUT2D eigenvalue weighted by atomic mass is 16.1. The summed E-state index contributed by atoms with van der Waals surface area (Å²) in [5.74, 6) is 0. The number of benzene rings is 1. The third-order valence-corrected chi connectivity index (χ3v) is 2.12. The fourth-order valence-electron chi connectivity index (χ4n) is 1.43. The minimum atomic E-state index is -0.226. The number of aromatic nitrogens is 2. The summed E-state index contributed by atoms with van der Waals surface area (Å²) >= 11 is 0. The highest BCUT2D eigenvalue weighted by Crippen LogP contribution is 2.16. The first-order chi connectivity index (χ1) is 7.29. The monoisotopic (exact) mass is 199 g/mol. The Morgan fingerprint density at radius 2 is 2.27 bits per heavy atom. The van der Waals surface area contributed by atoms with Crippen LogP contribution in [0.15, 0.2) is 35.3 Å². The molecule has 0 aliphatic rings. The van der Waals surface area contributed by atoms with E-state index in [-0.39, 0.29) is 5.69 Å².